The number of ether oxygens (including phenoxy) is 1. The lowest BCUT2D eigenvalue weighted by molar-refractivity contribution is 0.0393. The standard InChI is InChI=1S/C25H31FN2O3S/c1-17-16-31-11-10-28(17)32(29,30)25-5-3-2-4-22(25)19-8-9-21(23(26)14-19)15-27-24-13-18-6-7-20(24)12-18/h2-5,8-9,14,17-18,20,24,27H,6-7,10-13,15-16H2,1H3. The van der Waals surface area contributed by atoms with Gasteiger partial charge in [-0.15, -0.1) is 0 Å². The topological polar surface area (TPSA) is 58.6 Å². The van der Waals surface area contributed by atoms with E-state index in [-0.39, 0.29) is 16.8 Å². The molecule has 1 aliphatic heterocycles. The van der Waals surface area contributed by atoms with Crippen molar-refractivity contribution < 1.29 is 17.5 Å². The molecule has 3 fully saturated rings. The van der Waals surface area contributed by atoms with E-state index in [4.69, 9.17) is 4.74 Å². The Morgan fingerprint density at radius 2 is 2.00 bits per heavy atom. The number of sulfonamides is 1. The molecule has 0 spiro atoms. The van der Waals surface area contributed by atoms with Gasteiger partial charge in [0.25, 0.3) is 0 Å². The van der Waals surface area contributed by atoms with E-state index in [0.717, 1.165) is 11.8 Å². The van der Waals surface area contributed by atoms with Gasteiger partial charge in [-0.25, -0.2) is 12.8 Å². The predicted octanol–water partition coefficient (Wildman–Crippen LogP) is 4.18. The summed E-state index contributed by atoms with van der Waals surface area (Å²) in [7, 11) is -3.72. The van der Waals surface area contributed by atoms with Crippen LogP contribution >= 0.6 is 0 Å². The van der Waals surface area contributed by atoms with Crippen LogP contribution in [0.25, 0.3) is 11.1 Å². The Labute approximate surface area is 190 Å². The number of nitrogens with one attached hydrogen (secondary N) is 1. The molecule has 172 valence electrons. The number of nitrogens with zero attached hydrogens (tertiary/aromatic N) is 1. The van der Waals surface area contributed by atoms with Crippen molar-refractivity contribution in [2.45, 2.75) is 56.1 Å². The summed E-state index contributed by atoms with van der Waals surface area (Å²) >= 11 is 0. The van der Waals surface area contributed by atoms with Crippen molar-refractivity contribution in [1.82, 2.24) is 9.62 Å². The van der Waals surface area contributed by atoms with Crippen LogP contribution in [0.3, 0.4) is 0 Å². The van der Waals surface area contributed by atoms with Crippen molar-refractivity contribution in [3.05, 3.63) is 53.8 Å². The molecule has 0 amide bonds. The van der Waals surface area contributed by atoms with Crippen LogP contribution in [0.2, 0.25) is 0 Å². The van der Waals surface area contributed by atoms with Crippen LogP contribution in [0.4, 0.5) is 4.39 Å². The fourth-order valence-electron chi connectivity index (χ4n) is 5.72. The van der Waals surface area contributed by atoms with E-state index < -0.39 is 10.0 Å². The molecule has 4 unspecified atom stereocenters. The molecule has 4 atom stereocenters. The minimum atomic E-state index is -3.72. The van der Waals surface area contributed by atoms with E-state index in [2.05, 4.69) is 5.32 Å². The largest absolute Gasteiger partial charge is 0.378 e. The Balaban J connectivity index is 1.38. The average Bonchev–Trinajstić information content (AvgIpc) is 3.42. The molecule has 7 heteroatoms. The van der Waals surface area contributed by atoms with E-state index in [1.54, 1.807) is 30.3 Å². The van der Waals surface area contributed by atoms with E-state index in [1.807, 2.05) is 13.0 Å². The normalized spacial score (nSPS) is 28.3. The molecule has 2 aromatic carbocycles. The van der Waals surface area contributed by atoms with Gasteiger partial charge in [0.2, 0.25) is 10.0 Å². The summed E-state index contributed by atoms with van der Waals surface area (Å²) in [6, 6.07) is 12.2. The minimum absolute atomic E-state index is 0.209. The van der Waals surface area contributed by atoms with Gasteiger partial charge in [0, 0.05) is 36.3 Å². The van der Waals surface area contributed by atoms with Crippen LogP contribution in [-0.2, 0) is 21.3 Å². The summed E-state index contributed by atoms with van der Waals surface area (Å²) in [5.41, 5.74) is 1.72. The van der Waals surface area contributed by atoms with Gasteiger partial charge >= 0.3 is 0 Å². The molecule has 5 nitrogen and oxygen atoms in total. The zero-order chi connectivity index (χ0) is 22.3. The number of hydrogen-bond donors (Lipinski definition) is 1. The molecule has 5 rings (SSSR count). The molecule has 0 radical (unpaired) electrons. The number of benzene rings is 2. The fourth-order valence-corrected chi connectivity index (χ4v) is 7.54. The lowest BCUT2D eigenvalue weighted by Gasteiger charge is -2.32. The highest BCUT2D eigenvalue weighted by Crippen LogP contribution is 2.44. The molecule has 1 saturated heterocycles. The maximum atomic E-state index is 15.0. The monoisotopic (exact) mass is 458 g/mol. The second kappa shape index (κ2) is 8.86. The molecule has 1 heterocycles. The number of halogens is 1. The predicted molar refractivity (Wildman–Crippen MR) is 122 cm³/mol. The minimum Gasteiger partial charge on any atom is -0.378 e. The Morgan fingerprint density at radius 3 is 2.72 bits per heavy atom. The molecule has 2 bridgehead atoms. The first kappa shape index (κ1) is 22.0. The third kappa shape index (κ3) is 4.12. The summed E-state index contributed by atoms with van der Waals surface area (Å²) in [6.07, 6.45) is 5.15. The highest BCUT2D eigenvalue weighted by Gasteiger charge is 2.39. The summed E-state index contributed by atoms with van der Waals surface area (Å²) in [5, 5.41) is 3.56. The Morgan fingerprint density at radius 1 is 1.16 bits per heavy atom. The fraction of sp³-hybridized carbons (Fsp3) is 0.520. The number of fused-ring (bicyclic) bond motifs is 2. The van der Waals surface area contributed by atoms with Crippen LogP contribution in [-0.4, -0.2) is 44.6 Å². The Kier molecular flexibility index (Phi) is 6.09. The van der Waals surface area contributed by atoms with E-state index in [9.17, 15) is 8.42 Å². The van der Waals surface area contributed by atoms with Crippen molar-refractivity contribution in [3.63, 3.8) is 0 Å². The molecule has 3 aliphatic rings. The lowest BCUT2D eigenvalue weighted by atomic mass is 9.95. The van der Waals surface area contributed by atoms with E-state index in [1.165, 1.54) is 36.1 Å². The van der Waals surface area contributed by atoms with Gasteiger partial charge in [-0.05, 0) is 55.7 Å². The van der Waals surface area contributed by atoms with Crippen LogP contribution in [0, 0.1) is 17.7 Å². The van der Waals surface area contributed by atoms with Crippen LogP contribution < -0.4 is 5.32 Å². The average molecular weight is 459 g/mol. The first-order valence-corrected chi connectivity index (χ1v) is 13.1. The first-order chi connectivity index (χ1) is 15.4. The van der Waals surface area contributed by atoms with Gasteiger partial charge < -0.3 is 10.1 Å². The number of rotatable bonds is 6. The first-order valence-electron chi connectivity index (χ1n) is 11.6. The maximum absolute atomic E-state index is 15.0. The summed E-state index contributed by atoms with van der Waals surface area (Å²) in [6.45, 7) is 3.42. The SMILES string of the molecule is CC1COCCN1S(=O)(=O)c1ccccc1-c1ccc(CNC2CC3CCC2C3)c(F)c1. The van der Waals surface area contributed by atoms with Crippen molar-refractivity contribution in [1.29, 1.82) is 0 Å². The molecule has 1 N–H and O–H groups in total. The van der Waals surface area contributed by atoms with Gasteiger partial charge in [-0.1, -0.05) is 36.8 Å². The maximum Gasteiger partial charge on any atom is 0.244 e. The molecule has 0 aromatic heterocycles. The van der Waals surface area contributed by atoms with Crippen molar-refractivity contribution in [3.8, 4) is 11.1 Å². The Bertz CT molecular complexity index is 1090. The number of morpholine rings is 1. The molecule has 2 aliphatic carbocycles. The van der Waals surface area contributed by atoms with Gasteiger partial charge in [0.1, 0.15) is 5.82 Å². The Hall–Kier alpha value is -1.80. The zero-order valence-corrected chi connectivity index (χ0v) is 19.3. The van der Waals surface area contributed by atoms with Gasteiger partial charge in [0.15, 0.2) is 0 Å². The van der Waals surface area contributed by atoms with Gasteiger partial charge in [0.05, 0.1) is 18.1 Å². The van der Waals surface area contributed by atoms with Crippen LogP contribution in [0.5, 0.6) is 0 Å². The molecular formula is C25H31FN2O3S. The molecule has 32 heavy (non-hydrogen) atoms. The molecule has 2 saturated carbocycles. The van der Waals surface area contributed by atoms with Crippen molar-refractivity contribution in [2.75, 3.05) is 19.8 Å². The third-order valence-electron chi connectivity index (χ3n) is 7.44. The highest BCUT2D eigenvalue weighted by atomic mass is 32.2. The second-order valence-electron chi connectivity index (χ2n) is 9.50. The van der Waals surface area contributed by atoms with Crippen molar-refractivity contribution in [2.24, 2.45) is 11.8 Å². The number of hydrogen-bond acceptors (Lipinski definition) is 4. The molecular weight excluding hydrogens is 427 g/mol. The second-order valence-corrected chi connectivity index (χ2v) is 11.4. The summed E-state index contributed by atoms with van der Waals surface area (Å²) in [4.78, 5) is 0.209. The van der Waals surface area contributed by atoms with Crippen LogP contribution in [0.1, 0.15) is 38.2 Å². The highest BCUT2D eigenvalue weighted by molar-refractivity contribution is 7.89. The summed E-state index contributed by atoms with van der Waals surface area (Å²) in [5.74, 6) is 1.28. The van der Waals surface area contributed by atoms with Crippen LogP contribution in [0.15, 0.2) is 47.4 Å². The van der Waals surface area contributed by atoms with Gasteiger partial charge in [-0.3, -0.25) is 0 Å². The van der Waals surface area contributed by atoms with Crippen molar-refractivity contribution >= 4 is 10.0 Å². The zero-order valence-electron chi connectivity index (χ0n) is 18.5. The van der Waals surface area contributed by atoms with Gasteiger partial charge in [-0.2, -0.15) is 4.31 Å². The molecule has 2 aromatic rings. The van der Waals surface area contributed by atoms with E-state index >= 15 is 4.39 Å². The van der Waals surface area contributed by atoms with E-state index in [0.29, 0.717) is 49.0 Å². The third-order valence-corrected chi connectivity index (χ3v) is 9.51. The summed E-state index contributed by atoms with van der Waals surface area (Å²) < 4.78 is 48.8. The quantitative estimate of drug-likeness (QED) is 0.706. The smallest absolute Gasteiger partial charge is 0.244 e. The lowest BCUT2D eigenvalue weighted by Crippen LogP contribution is -2.47.